The summed E-state index contributed by atoms with van der Waals surface area (Å²) in [7, 11) is 0. The molecule has 0 aliphatic carbocycles. The summed E-state index contributed by atoms with van der Waals surface area (Å²) < 4.78 is 0. The molecule has 94 valence electrons. The molecule has 0 bridgehead atoms. The average Bonchev–Trinajstić information content (AvgIpc) is 2.40. The molecule has 18 heavy (non-hydrogen) atoms. The summed E-state index contributed by atoms with van der Waals surface area (Å²) in [5.41, 5.74) is 9.86. The van der Waals surface area contributed by atoms with E-state index in [2.05, 4.69) is 49.2 Å². The molecule has 2 N–H and O–H groups in total. The third kappa shape index (κ3) is 2.59. The van der Waals surface area contributed by atoms with Crippen molar-refractivity contribution < 1.29 is 0 Å². The molecule has 2 heteroatoms. The van der Waals surface area contributed by atoms with Gasteiger partial charge in [0.2, 0.25) is 0 Å². The molecule has 1 aromatic carbocycles. The number of pyridine rings is 1. The Balaban J connectivity index is 2.34. The van der Waals surface area contributed by atoms with Crippen LogP contribution in [-0.2, 0) is 11.8 Å². The van der Waals surface area contributed by atoms with Gasteiger partial charge in [-0.1, -0.05) is 37.3 Å². The molecule has 0 spiro atoms. The minimum Gasteiger partial charge on any atom is -0.330 e. The second-order valence-electron chi connectivity index (χ2n) is 5.12. The lowest BCUT2D eigenvalue weighted by molar-refractivity contribution is 0.478. The van der Waals surface area contributed by atoms with Crippen molar-refractivity contribution in [3.8, 4) is 0 Å². The molecule has 0 saturated heterocycles. The lowest BCUT2D eigenvalue weighted by atomic mass is 9.76. The molecule has 0 radical (unpaired) electrons. The summed E-state index contributed by atoms with van der Waals surface area (Å²) in [6.07, 6.45) is 4.64. The molecule has 0 aliphatic heterocycles. The number of aromatic nitrogens is 1. The fourth-order valence-electron chi connectivity index (χ4n) is 2.48. The van der Waals surface area contributed by atoms with Crippen molar-refractivity contribution in [2.75, 3.05) is 6.54 Å². The van der Waals surface area contributed by atoms with Crippen LogP contribution >= 0.6 is 0 Å². The first-order chi connectivity index (χ1) is 8.65. The first-order valence-electron chi connectivity index (χ1n) is 6.31. The summed E-state index contributed by atoms with van der Waals surface area (Å²) in [6.45, 7) is 5.00. The molecule has 1 aromatic heterocycles. The monoisotopic (exact) mass is 240 g/mol. The second kappa shape index (κ2) is 5.32. The highest BCUT2D eigenvalue weighted by Gasteiger charge is 2.26. The van der Waals surface area contributed by atoms with Crippen molar-refractivity contribution in [2.24, 2.45) is 5.73 Å². The van der Waals surface area contributed by atoms with Crippen molar-refractivity contribution in [1.29, 1.82) is 0 Å². The summed E-state index contributed by atoms with van der Waals surface area (Å²) in [4.78, 5) is 4.18. The molecule has 2 aromatic rings. The van der Waals surface area contributed by atoms with Gasteiger partial charge < -0.3 is 5.73 Å². The molecule has 0 aliphatic rings. The van der Waals surface area contributed by atoms with Crippen molar-refractivity contribution >= 4 is 0 Å². The number of hydrogen-bond acceptors (Lipinski definition) is 2. The zero-order valence-corrected chi connectivity index (χ0v) is 11.1. The number of hydrogen-bond donors (Lipinski definition) is 1. The molecule has 0 saturated carbocycles. The summed E-state index contributed by atoms with van der Waals surface area (Å²) >= 11 is 0. The quantitative estimate of drug-likeness (QED) is 0.892. The Kier molecular flexibility index (Phi) is 3.78. The molecule has 1 atom stereocenters. The summed E-state index contributed by atoms with van der Waals surface area (Å²) in [6, 6.07) is 12.6. The Hall–Kier alpha value is -1.67. The van der Waals surface area contributed by atoms with Crippen LogP contribution in [0.25, 0.3) is 0 Å². The van der Waals surface area contributed by atoms with Gasteiger partial charge in [0.15, 0.2) is 0 Å². The van der Waals surface area contributed by atoms with Gasteiger partial charge in [0.05, 0.1) is 0 Å². The smallest absolute Gasteiger partial charge is 0.0300 e. The van der Waals surface area contributed by atoms with Gasteiger partial charge in [0, 0.05) is 24.4 Å². The van der Waals surface area contributed by atoms with E-state index in [1.54, 1.807) is 6.20 Å². The van der Waals surface area contributed by atoms with E-state index >= 15 is 0 Å². The van der Waals surface area contributed by atoms with Crippen molar-refractivity contribution in [3.63, 3.8) is 0 Å². The van der Waals surface area contributed by atoms with Crippen molar-refractivity contribution in [3.05, 3.63) is 65.5 Å². The van der Waals surface area contributed by atoms with Crippen molar-refractivity contribution in [2.45, 2.75) is 25.7 Å². The third-order valence-corrected chi connectivity index (χ3v) is 3.56. The largest absolute Gasteiger partial charge is 0.330 e. The van der Waals surface area contributed by atoms with Gasteiger partial charge in [-0.3, -0.25) is 4.98 Å². The number of nitrogens with zero attached hydrogens (tertiary/aromatic N) is 1. The maximum Gasteiger partial charge on any atom is 0.0300 e. The Morgan fingerprint density at radius 3 is 2.56 bits per heavy atom. The highest BCUT2D eigenvalue weighted by Crippen LogP contribution is 2.29. The van der Waals surface area contributed by atoms with E-state index in [1.165, 1.54) is 16.7 Å². The second-order valence-corrected chi connectivity index (χ2v) is 5.12. The average molecular weight is 240 g/mol. The van der Waals surface area contributed by atoms with Crippen LogP contribution in [0.5, 0.6) is 0 Å². The van der Waals surface area contributed by atoms with Crippen LogP contribution in [0, 0.1) is 6.92 Å². The zero-order valence-electron chi connectivity index (χ0n) is 11.1. The molecule has 1 heterocycles. The van der Waals surface area contributed by atoms with Gasteiger partial charge >= 0.3 is 0 Å². The van der Waals surface area contributed by atoms with Crippen LogP contribution in [0.2, 0.25) is 0 Å². The summed E-state index contributed by atoms with van der Waals surface area (Å²) in [5.74, 6) is 0. The Morgan fingerprint density at radius 2 is 1.94 bits per heavy atom. The molecular weight excluding hydrogens is 220 g/mol. The zero-order chi connectivity index (χ0) is 13.0. The lowest BCUT2D eigenvalue weighted by Crippen LogP contribution is -2.35. The van der Waals surface area contributed by atoms with Crippen LogP contribution in [0.3, 0.4) is 0 Å². The molecule has 0 fully saturated rings. The molecular formula is C16H20N2. The van der Waals surface area contributed by atoms with Crippen LogP contribution in [0.4, 0.5) is 0 Å². The molecule has 0 amide bonds. The number of benzene rings is 1. The van der Waals surface area contributed by atoms with E-state index in [-0.39, 0.29) is 5.41 Å². The summed E-state index contributed by atoms with van der Waals surface area (Å²) in [5, 5.41) is 0. The first kappa shape index (κ1) is 12.8. The Labute approximate surface area is 109 Å². The van der Waals surface area contributed by atoms with Crippen LogP contribution in [0.1, 0.15) is 23.6 Å². The van der Waals surface area contributed by atoms with E-state index in [0.717, 1.165) is 6.42 Å². The normalized spacial score (nSPS) is 14.2. The molecule has 1 unspecified atom stereocenters. The minimum absolute atomic E-state index is 0.0334. The van der Waals surface area contributed by atoms with E-state index in [0.29, 0.717) is 6.54 Å². The van der Waals surface area contributed by atoms with Crippen LogP contribution in [0.15, 0.2) is 48.8 Å². The topological polar surface area (TPSA) is 38.9 Å². The third-order valence-electron chi connectivity index (χ3n) is 3.56. The standard InChI is InChI=1S/C16H20N2/c1-13-6-3-4-8-15(13)16(2,12-17)10-14-7-5-9-18-11-14/h3-9,11H,10,12,17H2,1-2H3. The first-order valence-corrected chi connectivity index (χ1v) is 6.31. The van der Waals surface area contributed by atoms with Gasteiger partial charge in [-0.15, -0.1) is 0 Å². The van der Waals surface area contributed by atoms with Crippen LogP contribution in [-0.4, -0.2) is 11.5 Å². The van der Waals surface area contributed by atoms with E-state index < -0.39 is 0 Å². The van der Waals surface area contributed by atoms with Gasteiger partial charge in [0.1, 0.15) is 0 Å². The SMILES string of the molecule is Cc1ccccc1C(C)(CN)Cc1cccnc1. The number of nitrogens with two attached hydrogens (primary N) is 1. The Morgan fingerprint density at radius 1 is 1.17 bits per heavy atom. The predicted molar refractivity (Wildman–Crippen MR) is 75.5 cm³/mol. The highest BCUT2D eigenvalue weighted by atomic mass is 14.6. The van der Waals surface area contributed by atoms with Gasteiger partial charge in [-0.2, -0.15) is 0 Å². The molecule has 2 rings (SSSR count). The fraction of sp³-hybridized carbons (Fsp3) is 0.312. The number of rotatable bonds is 4. The predicted octanol–water partition coefficient (Wildman–Crippen LogP) is 2.85. The van der Waals surface area contributed by atoms with E-state index in [9.17, 15) is 0 Å². The minimum atomic E-state index is -0.0334. The number of aryl methyl sites for hydroxylation is 1. The van der Waals surface area contributed by atoms with Gasteiger partial charge in [-0.05, 0) is 36.1 Å². The fourth-order valence-corrected chi connectivity index (χ4v) is 2.48. The van der Waals surface area contributed by atoms with E-state index in [1.807, 2.05) is 12.3 Å². The lowest BCUT2D eigenvalue weighted by Gasteiger charge is -2.30. The maximum atomic E-state index is 6.04. The molecule has 2 nitrogen and oxygen atoms in total. The maximum absolute atomic E-state index is 6.04. The van der Waals surface area contributed by atoms with E-state index in [4.69, 9.17) is 5.73 Å². The highest BCUT2D eigenvalue weighted by molar-refractivity contribution is 5.35. The van der Waals surface area contributed by atoms with Crippen molar-refractivity contribution in [1.82, 2.24) is 4.98 Å². The van der Waals surface area contributed by atoms with Gasteiger partial charge in [-0.25, -0.2) is 0 Å². The van der Waals surface area contributed by atoms with Gasteiger partial charge in [0.25, 0.3) is 0 Å². The van der Waals surface area contributed by atoms with Crippen LogP contribution < -0.4 is 5.73 Å². The Bertz CT molecular complexity index is 508.